The van der Waals surface area contributed by atoms with E-state index in [1.165, 1.54) is 12.1 Å². The third kappa shape index (κ3) is 2.44. The number of rotatable bonds is 1. The van der Waals surface area contributed by atoms with Crippen LogP contribution in [0.5, 0.6) is 0 Å². The van der Waals surface area contributed by atoms with Gasteiger partial charge in [0, 0.05) is 16.8 Å². The van der Waals surface area contributed by atoms with Gasteiger partial charge in [0.1, 0.15) is 12.0 Å². The van der Waals surface area contributed by atoms with Crippen molar-refractivity contribution >= 4 is 11.5 Å². The third-order valence-electron chi connectivity index (χ3n) is 3.32. The van der Waals surface area contributed by atoms with E-state index in [9.17, 15) is 13.2 Å². The predicted octanol–water partition coefficient (Wildman–Crippen LogP) is 3.54. The lowest BCUT2D eigenvalue weighted by Gasteiger charge is -2.26. The molecule has 3 rings (SSSR count). The Labute approximate surface area is 119 Å². The Bertz CT molecular complexity index is 707. The maximum Gasteiger partial charge on any atom is 0.416 e. The Balaban J connectivity index is 2.07. The molecular weight excluding hydrogens is 279 g/mol. The monoisotopic (exact) mass is 291 g/mol. The van der Waals surface area contributed by atoms with Crippen molar-refractivity contribution in [1.82, 2.24) is 0 Å². The zero-order chi connectivity index (χ0) is 15.0. The van der Waals surface area contributed by atoms with Gasteiger partial charge in [-0.1, -0.05) is 30.3 Å². The van der Waals surface area contributed by atoms with E-state index in [0.717, 1.165) is 6.07 Å². The number of nitrogens with zero attached hydrogens (tertiary/aromatic N) is 1. The average Bonchev–Trinajstić information content (AvgIpc) is 2.46. The van der Waals surface area contributed by atoms with Gasteiger partial charge in [0.25, 0.3) is 0 Å². The molecule has 0 aromatic heterocycles. The van der Waals surface area contributed by atoms with Crippen molar-refractivity contribution in [3.8, 4) is 0 Å². The van der Waals surface area contributed by atoms with Crippen LogP contribution in [0.1, 0.15) is 22.9 Å². The van der Waals surface area contributed by atoms with Crippen molar-refractivity contribution in [3.05, 3.63) is 65.2 Å². The van der Waals surface area contributed by atoms with E-state index in [0.29, 0.717) is 11.3 Å². The fourth-order valence-corrected chi connectivity index (χ4v) is 2.36. The van der Waals surface area contributed by atoms with Crippen molar-refractivity contribution in [2.45, 2.75) is 12.3 Å². The van der Waals surface area contributed by atoms with E-state index >= 15 is 0 Å². The Morgan fingerprint density at radius 3 is 2.43 bits per heavy atom. The van der Waals surface area contributed by atoms with Gasteiger partial charge in [-0.15, -0.1) is 0 Å². The molecule has 0 aliphatic carbocycles. The normalized spacial score (nSPS) is 17.7. The number of halogens is 3. The minimum absolute atomic E-state index is 0.0578. The Morgan fingerprint density at radius 1 is 1.00 bits per heavy atom. The number of alkyl halides is 3. The SMILES string of the molecule is NC1=NC(c2ccccc2C(F)(F)F)Nc2ccccc21. The Kier molecular flexibility index (Phi) is 3.08. The van der Waals surface area contributed by atoms with Gasteiger partial charge < -0.3 is 11.1 Å². The van der Waals surface area contributed by atoms with Crippen molar-refractivity contribution < 1.29 is 13.2 Å². The van der Waals surface area contributed by atoms with Gasteiger partial charge in [-0.3, -0.25) is 0 Å². The number of anilines is 1. The number of benzene rings is 2. The lowest BCUT2D eigenvalue weighted by Crippen LogP contribution is -2.26. The highest BCUT2D eigenvalue weighted by atomic mass is 19.4. The quantitative estimate of drug-likeness (QED) is 0.844. The first-order chi connectivity index (χ1) is 9.97. The number of hydrogen-bond donors (Lipinski definition) is 2. The van der Waals surface area contributed by atoms with Gasteiger partial charge in [0.2, 0.25) is 0 Å². The summed E-state index contributed by atoms with van der Waals surface area (Å²) in [5, 5.41) is 2.99. The number of nitrogens with one attached hydrogen (secondary N) is 1. The van der Waals surface area contributed by atoms with Crippen LogP contribution in [0.4, 0.5) is 18.9 Å². The highest BCUT2D eigenvalue weighted by Gasteiger charge is 2.35. The van der Waals surface area contributed by atoms with Crippen LogP contribution in [0.2, 0.25) is 0 Å². The number of para-hydroxylation sites is 1. The van der Waals surface area contributed by atoms with Crippen molar-refractivity contribution in [2.24, 2.45) is 10.7 Å². The molecule has 1 aliphatic rings. The number of fused-ring (bicyclic) bond motifs is 1. The van der Waals surface area contributed by atoms with Crippen molar-refractivity contribution in [2.75, 3.05) is 5.32 Å². The second-order valence-corrected chi connectivity index (χ2v) is 4.69. The minimum Gasteiger partial charge on any atom is -0.383 e. The topological polar surface area (TPSA) is 50.4 Å². The largest absolute Gasteiger partial charge is 0.416 e. The molecule has 1 unspecified atom stereocenters. The molecule has 2 aromatic carbocycles. The molecule has 2 aromatic rings. The molecule has 21 heavy (non-hydrogen) atoms. The van der Waals surface area contributed by atoms with Crippen LogP contribution < -0.4 is 11.1 Å². The summed E-state index contributed by atoms with van der Waals surface area (Å²) in [6.07, 6.45) is -5.28. The molecule has 0 radical (unpaired) electrons. The van der Waals surface area contributed by atoms with Crippen LogP contribution >= 0.6 is 0 Å². The first-order valence-electron chi connectivity index (χ1n) is 6.32. The summed E-state index contributed by atoms with van der Waals surface area (Å²) in [5.41, 5.74) is 6.58. The van der Waals surface area contributed by atoms with E-state index in [-0.39, 0.29) is 11.4 Å². The summed E-state index contributed by atoms with van der Waals surface area (Å²) in [4.78, 5) is 4.15. The Morgan fingerprint density at radius 2 is 1.67 bits per heavy atom. The smallest absolute Gasteiger partial charge is 0.383 e. The van der Waals surface area contributed by atoms with Crippen LogP contribution in [0.25, 0.3) is 0 Å². The zero-order valence-electron chi connectivity index (χ0n) is 10.9. The fraction of sp³-hybridized carbons (Fsp3) is 0.133. The molecule has 3 N–H and O–H groups in total. The van der Waals surface area contributed by atoms with E-state index in [1.54, 1.807) is 30.3 Å². The summed E-state index contributed by atoms with van der Waals surface area (Å²) in [7, 11) is 0. The van der Waals surface area contributed by atoms with Gasteiger partial charge in [0.15, 0.2) is 0 Å². The number of hydrogen-bond acceptors (Lipinski definition) is 3. The summed E-state index contributed by atoms with van der Waals surface area (Å²) >= 11 is 0. The van der Waals surface area contributed by atoms with E-state index in [1.807, 2.05) is 0 Å². The van der Waals surface area contributed by atoms with Gasteiger partial charge in [-0.25, -0.2) is 4.99 Å². The lowest BCUT2D eigenvalue weighted by molar-refractivity contribution is -0.138. The van der Waals surface area contributed by atoms with Gasteiger partial charge in [-0.05, 0) is 18.2 Å². The summed E-state index contributed by atoms with van der Waals surface area (Å²) in [6, 6.07) is 12.5. The number of aliphatic imine (C=N–C) groups is 1. The molecule has 0 bridgehead atoms. The van der Waals surface area contributed by atoms with Gasteiger partial charge in [0.05, 0.1) is 5.56 Å². The highest BCUT2D eigenvalue weighted by Crippen LogP contribution is 2.37. The fourth-order valence-electron chi connectivity index (χ4n) is 2.36. The zero-order valence-corrected chi connectivity index (χ0v) is 10.9. The van der Waals surface area contributed by atoms with Crippen molar-refractivity contribution in [1.29, 1.82) is 0 Å². The van der Waals surface area contributed by atoms with Crippen LogP contribution in [0, 0.1) is 0 Å². The van der Waals surface area contributed by atoms with Crippen molar-refractivity contribution in [3.63, 3.8) is 0 Å². The lowest BCUT2D eigenvalue weighted by atomic mass is 10.0. The molecule has 0 fully saturated rings. The summed E-state index contributed by atoms with van der Waals surface area (Å²) < 4.78 is 39.3. The molecule has 6 heteroatoms. The van der Waals surface area contributed by atoms with Crippen LogP contribution in [-0.4, -0.2) is 5.84 Å². The van der Waals surface area contributed by atoms with E-state index < -0.39 is 17.9 Å². The second kappa shape index (κ2) is 4.80. The molecule has 0 saturated carbocycles. The minimum atomic E-state index is -4.43. The standard InChI is InChI=1S/C15H12F3N3/c16-15(17,18)11-7-3-1-5-9(11)14-20-12-8-4-2-6-10(12)13(19)21-14/h1-8,14,20H,(H2,19,21). The van der Waals surface area contributed by atoms with Gasteiger partial charge in [-0.2, -0.15) is 13.2 Å². The van der Waals surface area contributed by atoms with Crippen LogP contribution in [0.15, 0.2) is 53.5 Å². The first-order valence-corrected chi connectivity index (χ1v) is 6.32. The van der Waals surface area contributed by atoms with E-state index in [4.69, 9.17) is 5.73 Å². The molecular formula is C15H12F3N3. The first kappa shape index (κ1) is 13.5. The Hall–Kier alpha value is -2.50. The molecule has 0 amide bonds. The highest BCUT2D eigenvalue weighted by molar-refractivity contribution is 6.03. The van der Waals surface area contributed by atoms with Crippen LogP contribution in [0.3, 0.4) is 0 Å². The number of amidine groups is 1. The maximum atomic E-state index is 13.1. The molecule has 1 heterocycles. The molecule has 1 atom stereocenters. The predicted molar refractivity (Wildman–Crippen MR) is 75.0 cm³/mol. The second-order valence-electron chi connectivity index (χ2n) is 4.69. The third-order valence-corrected chi connectivity index (χ3v) is 3.32. The molecule has 108 valence electrons. The van der Waals surface area contributed by atoms with E-state index in [2.05, 4.69) is 10.3 Å². The molecule has 0 spiro atoms. The molecule has 3 nitrogen and oxygen atoms in total. The molecule has 0 saturated heterocycles. The summed E-state index contributed by atoms with van der Waals surface area (Å²) in [6.45, 7) is 0. The maximum absolute atomic E-state index is 13.1. The molecule has 1 aliphatic heterocycles. The average molecular weight is 291 g/mol. The number of nitrogens with two attached hydrogens (primary N) is 1. The van der Waals surface area contributed by atoms with Gasteiger partial charge >= 0.3 is 6.18 Å². The summed E-state index contributed by atoms with van der Waals surface area (Å²) in [5.74, 6) is 0.228. The van der Waals surface area contributed by atoms with Crippen LogP contribution in [-0.2, 0) is 6.18 Å².